The zero-order chi connectivity index (χ0) is 10.7. The van der Waals surface area contributed by atoms with Crippen molar-refractivity contribution in [2.75, 3.05) is 33.3 Å². The Kier molecular flexibility index (Phi) is 4.00. The third kappa shape index (κ3) is 2.71. The lowest BCUT2D eigenvalue weighted by atomic mass is 9.78. The van der Waals surface area contributed by atoms with Crippen LogP contribution in [0.15, 0.2) is 0 Å². The van der Waals surface area contributed by atoms with Gasteiger partial charge in [-0.3, -0.25) is 4.90 Å². The van der Waals surface area contributed by atoms with Crippen molar-refractivity contribution >= 4 is 0 Å². The summed E-state index contributed by atoms with van der Waals surface area (Å²) in [4.78, 5) is 2.66. The lowest BCUT2D eigenvalue weighted by molar-refractivity contribution is 0.0276. The van der Waals surface area contributed by atoms with E-state index in [2.05, 4.69) is 24.2 Å². The largest absolute Gasteiger partial charge is 0.377 e. The van der Waals surface area contributed by atoms with Crippen molar-refractivity contribution in [3.8, 4) is 0 Å². The Morgan fingerprint density at radius 2 is 2.27 bits per heavy atom. The summed E-state index contributed by atoms with van der Waals surface area (Å²) in [6.07, 6.45) is 4.41. The molecular formula is C12H24N2O. The minimum atomic E-state index is 0.420. The van der Waals surface area contributed by atoms with E-state index in [1.54, 1.807) is 0 Å². The van der Waals surface area contributed by atoms with Crippen molar-refractivity contribution < 1.29 is 4.74 Å². The van der Waals surface area contributed by atoms with Gasteiger partial charge in [0, 0.05) is 25.7 Å². The molecule has 3 nitrogen and oxygen atoms in total. The molecule has 1 saturated heterocycles. The first-order valence-corrected chi connectivity index (χ1v) is 6.31. The van der Waals surface area contributed by atoms with Gasteiger partial charge in [-0.25, -0.2) is 0 Å². The molecule has 1 heterocycles. The lowest BCUT2D eigenvalue weighted by Gasteiger charge is -2.44. The van der Waals surface area contributed by atoms with Gasteiger partial charge in [-0.15, -0.1) is 0 Å². The molecule has 2 rings (SSSR count). The highest BCUT2D eigenvalue weighted by Gasteiger charge is 2.35. The van der Waals surface area contributed by atoms with E-state index in [0.717, 1.165) is 25.1 Å². The smallest absolute Gasteiger partial charge is 0.0674 e. The van der Waals surface area contributed by atoms with E-state index in [-0.39, 0.29) is 0 Å². The summed E-state index contributed by atoms with van der Waals surface area (Å²) in [5, 5.41) is 3.31. The van der Waals surface area contributed by atoms with E-state index in [9.17, 15) is 0 Å². The van der Waals surface area contributed by atoms with Crippen molar-refractivity contribution in [3.63, 3.8) is 0 Å². The second kappa shape index (κ2) is 5.28. The fraction of sp³-hybridized carbons (Fsp3) is 1.00. The SMILES string of the molecule is CNCC1CCC1N1CCCOC(C)C1. The van der Waals surface area contributed by atoms with Crippen LogP contribution in [-0.4, -0.2) is 50.3 Å². The van der Waals surface area contributed by atoms with Crippen molar-refractivity contribution in [1.29, 1.82) is 0 Å². The van der Waals surface area contributed by atoms with Crippen molar-refractivity contribution in [2.24, 2.45) is 5.92 Å². The number of nitrogens with zero attached hydrogens (tertiary/aromatic N) is 1. The molecule has 0 aromatic heterocycles. The summed E-state index contributed by atoms with van der Waals surface area (Å²) in [7, 11) is 2.06. The van der Waals surface area contributed by atoms with E-state index in [1.807, 2.05) is 0 Å². The normalized spacial score (nSPS) is 38.4. The molecule has 2 fully saturated rings. The fourth-order valence-electron chi connectivity index (χ4n) is 2.86. The van der Waals surface area contributed by atoms with Crippen LogP contribution >= 0.6 is 0 Å². The first-order valence-electron chi connectivity index (χ1n) is 6.31. The molecule has 88 valence electrons. The Morgan fingerprint density at radius 3 is 2.93 bits per heavy atom. The Labute approximate surface area is 93.2 Å². The standard InChI is InChI=1S/C12H24N2O/c1-10-9-14(6-3-7-15-10)12-5-4-11(12)8-13-2/h10-13H,3-9H2,1-2H3. The van der Waals surface area contributed by atoms with Crippen molar-refractivity contribution in [3.05, 3.63) is 0 Å². The summed E-state index contributed by atoms with van der Waals surface area (Å²) in [6.45, 7) is 6.68. The summed E-state index contributed by atoms with van der Waals surface area (Å²) >= 11 is 0. The molecule has 3 atom stereocenters. The predicted octanol–water partition coefficient (Wildman–Crippen LogP) is 1.10. The second-order valence-electron chi connectivity index (χ2n) is 4.99. The number of hydrogen-bond donors (Lipinski definition) is 1. The highest BCUT2D eigenvalue weighted by Crippen LogP contribution is 2.32. The number of rotatable bonds is 3. The zero-order valence-electron chi connectivity index (χ0n) is 10.0. The number of nitrogens with one attached hydrogen (secondary N) is 1. The van der Waals surface area contributed by atoms with Gasteiger partial charge in [-0.05, 0) is 45.7 Å². The summed E-state index contributed by atoms with van der Waals surface area (Å²) in [5.74, 6) is 0.875. The van der Waals surface area contributed by atoms with E-state index < -0.39 is 0 Å². The first-order chi connectivity index (χ1) is 7.31. The van der Waals surface area contributed by atoms with E-state index >= 15 is 0 Å². The maximum Gasteiger partial charge on any atom is 0.0674 e. The van der Waals surface area contributed by atoms with Gasteiger partial charge in [0.2, 0.25) is 0 Å². The third-order valence-corrected chi connectivity index (χ3v) is 3.80. The third-order valence-electron chi connectivity index (χ3n) is 3.80. The highest BCUT2D eigenvalue weighted by molar-refractivity contribution is 4.90. The molecule has 0 amide bonds. The fourth-order valence-corrected chi connectivity index (χ4v) is 2.86. The van der Waals surface area contributed by atoms with Crippen LogP contribution in [0.2, 0.25) is 0 Å². The second-order valence-corrected chi connectivity index (χ2v) is 4.99. The molecule has 1 saturated carbocycles. The van der Waals surface area contributed by atoms with Gasteiger partial charge in [0.05, 0.1) is 6.10 Å². The number of hydrogen-bond acceptors (Lipinski definition) is 3. The van der Waals surface area contributed by atoms with Gasteiger partial charge in [-0.1, -0.05) is 0 Å². The van der Waals surface area contributed by atoms with Crippen molar-refractivity contribution in [1.82, 2.24) is 10.2 Å². The average Bonchev–Trinajstić information content (AvgIpc) is 2.38. The Morgan fingerprint density at radius 1 is 1.40 bits per heavy atom. The summed E-state index contributed by atoms with van der Waals surface area (Å²) in [6, 6.07) is 0.821. The van der Waals surface area contributed by atoms with Crippen LogP contribution < -0.4 is 5.32 Å². The minimum Gasteiger partial charge on any atom is -0.377 e. The maximum atomic E-state index is 5.69. The van der Waals surface area contributed by atoms with Gasteiger partial charge in [0.25, 0.3) is 0 Å². The summed E-state index contributed by atoms with van der Waals surface area (Å²) < 4.78 is 5.69. The van der Waals surface area contributed by atoms with Crippen LogP contribution in [-0.2, 0) is 4.74 Å². The first kappa shape index (κ1) is 11.4. The predicted molar refractivity (Wildman–Crippen MR) is 62.0 cm³/mol. The van der Waals surface area contributed by atoms with Gasteiger partial charge in [0.15, 0.2) is 0 Å². The monoisotopic (exact) mass is 212 g/mol. The Hall–Kier alpha value is -0.120. The van der Waals surface area contributed by atoms with E-state index in [0.29, 0.717) is 6.10 Å². The molecule has 1 aliphatic carbocycles. The van der Waals surface area contributed by atoms with Gasteiger partial charge >= 0.3 is 0 Å². The van der Waals surface area contributed by atoms with Crippen LogP contribution in [0.5, 0.6) is 0 Å². The molecular weight excluding hydrogens is 188 g/mol. The average molecular weight is 212 g/mol. The molecule has 1 N–H and O–H groups in total. The van der Waals surface area contributed by atoms with Crippen LogP contribution in [0.1, 0.15) is 26.2 Å². The van der Waals surface area contributed by atoms with Crippen LogP contribution in [0.3, 0.4) is 0 Å². The van der Waals surface area contributed by atoms with E-state index in [1.165, 1.54) is 32.4 Å². The van der Waals surface area contributed by atoms with Crippen LogP contribution in [0, 0.1) is 5.92 Å². The van der Waals surface area contributed by atoms with Crippen LogP contribution in [0.25, 0.3) is 0 Å². The molecule has 0 spiro atoms. The van der Waals surface area contributed by atoms with Crippen molar-refractivity contribution in [2.45, 2.75) is 38.3 Å². The van der Waals surface area contributed by atoms with Gasteiger partial charge < -0.3 is 10.1 Å². The van der Waals surface area contributed by atoms with E-state index in [4.69, 9.17) is 4.74 Å². The molecule has 3 unspecified atom stereocenters. The van der Waals surface area contributed by atoms with Gasteiger partial charge in [0.1, 0.15) is 0 Å². The molecule has 0 bridgehead atoms. The summed E-state index contributed by atoms with van der Waals surface area (Å²) in [5.41, 5.74) is 0. The molecule has 15 heavy (non-hydrogen) atoms. The number of ether oxygens (including phenoxy) is 1. The molecule has 0 aromatic rings. The Balaban J connectivity index is 1.85. The quantitative estimate of drug-likeness (QED) is 0.758. The molecule has 3 heteroatoms. The topological polar surface area (TPSA) is 24.5 Å². The Bertz CT molecular complexity index is 198. The highest BCUT2D eigenvalue weighted by atomic mass is 16.5. The molecule has 0 radical (unpaired) electrons. The maximum absolute atomic E-state index is 5.69. The molecule has 1 aliphatic heterocycles. The molecule has 0 aromatic carbocycles. The zero-order valence-corrected chi connectivity index (χ0v) is 10.0. The van der Waals surface area contributed by atoms with Crippen LogP contribution in [0.4, 0.5) is 0 Å². The molecule has 2 aliphatic rings. The minimum absolute atomic E-state index is 0.420. The van der Waals surface area contributed by atoms with Gasteiger partial charge in [-0.2, -0.15) is 0 Å². The lowest BCUT2D eigenvalue weighted by Crippen LogP contribution is -2.51.